The zero-order valence-electron chi connectivity index (χ0n) is 17.6. The lowest BCUT2D eigenvalue weighted by molar-refractivity contribution is -0.151. The lowest BCUT2D eigenvalue weighted by Crippen LogP contribution is -2.40. The van der Waals surface area contributed by atoms with E-state index in [-0.39, 0.29) is 36.6 Å². The van der Waals surface area contributed by atoms with Crippen LogP contribution in [0.15, 0.2) is 48.5 Å². The Morgan fingerprint density at radius 3 is 2.30 bits per heavy atom. The van der Waals surface area contributed by atoms with Crippen LogP contribution in [0.5, 0.6) is 5.75 Å². The van der Waals surface area contributed by atoms with Crippen LogP contribution >= 0.6 is 0 Å². The van der Waals surface area contributed by atoms with Crippen LogP contribution in [0.1, 0.15) is 34.3 Å². The number of ether oxygens (including phenoxy) is 2. The Bertz CT molecular complexity index is 1000. The van der Waals surface area contributed by atoms with Crippen molar-refractivity contribution in [2.24, 2.45) is 11.7 Å². The first-order chi connectivity index (χ1) is 15.6. The van der Waals surface area contributed by atoms with Gasteiger partial charge in [-0.2, -0.15) is 13.2 Å². The average Bonchev–Trinajstić information content (AvgIpc) is 2.80. The van der Waals surface area contributed by atoms with Gasteiger partial charge in [0.1, 0.15) is 12.4 Å². The zero-order chi connectivity index (χ0) is 24.0. The van der Waals surface area contributed by atoms with E-state index in [1.54, 1.807) is 24.3 Å². The van der Waals surface area contributed by atoms with Gasteiger partial charge in [-0.1, -0.05) is 12.1 Å². The second kappa shape index (κ2) is 10.4. The van der Waals surface area contributed by atoms with Crippen LogP contribution in [0.2, 0.25) is 0 Å². The number of carbonyl (C=O) groups excluding carboxylic acids is 3. The van der Waals surface area contributed by atoms with Crippen molar-refractivity contribution in [3.63, 3.8) is 0 Å². The molecule has 0 aromatic heterocycles. The fraction of sp³-hybridized carbons (Fsp3) is 0.348. The molecule has 0 radical (unpaired) electrons. The van der Waals surface area contributed by atoms with E-state index >= 15 is 0 Å². The molecule has 1 fully saturated rings. The monoisotopic (exact) mass is 464 g/mol. The number of piperidine rings is 1. The van der Waals surface area contributed by atoms with Crippen molar-refractivity contribution in [3.05, 3.63) is 65.2 Å². The van der Waals surface area contributed by atoms with E-state index in [2.05, 4.69) is 0 Å². The van der Waals surface area contributed by atoms with Crippen molar-refractivity contribution in [2.75, 3.05) is 19.7 Å². The molecule has 0 spiro atoms. The normalized spacial score (nSPS) is 14.6. The van der Waals surface area contributed by atoms with E-state index in [0.29, 0.717) is 37.2 Å². The lowest BCUT2D eigenvalue weighted by atomic mass is 9.96. The highest BCUT2D eigenvalue weighted by atomic mass is 19.4. The van der Waals surface area contributed by atoms with Gasteiger partial charge in [0.15, 0.2) is 6.61 Å². The molecule has 1 aliphatic heterocycles. The molecule has 2 aromatic carbocycles. The van der Waals surface area contributed by atoms with E-state index < -0.39 is 17.6 Å². The summed E-state index contributed by atoms with van der Waals surface area (Å²) in [5, 5.41) is 0. The Hall–Kier alpha value is -3.56. The second-order valence-electron chi connectivity index (χ2n) is 7.65. The number of nitrogens with zero attached hydrogens (tertiary/aromatic N) is 1. The van der Waals surface area contributed by atoms with Crippen molar-refractivity contribution < 1.29 is 37.0 Å². The number of hydrogen-bond donors (Lipinski definition) is 1. The molecular weight excluding hydrogens is 441 g/mol. The summed E-state index contributed by atoms with van der Waals surface area (Å²) in [5.74, 6) is -1.31. The first-order valence-electron chi connectivity index (χ1n) is 10.3. The van der Waals surface area contributed by atoms with E-state index in [1.807, 2.05) is 0 Å². The molecule has 7 nitrogen and oxygen atoms in total. The third-order valence-electron chi connectivity index (χ3n) is 5.24. The molecule has 0 saturated carbocycles. The lowest BCUT2D eigenvalue weighted by Gasteiger charge is -2.31. The second-order valence-corrected chi connectivity index (χ2v) is 7.65. The van der Waals surface area contributed by atoms with Crippen molar-refractivity contribution in [2.45, 2.75) is 25.6 Å². The molecule has 0 atom stereocenters. The smallest absolute Gasteiger partial charge is 0.416 e. The maximum atomic E-state index is 12.7. The zero-order valence-corrected chi connectivity index (χ0v) is 17.6. The first-order valence-corrected chi connectivity index (χ1v) is 10.3. The van der Waals surface area contributed by atoms with Gasteiger partial charge in [-0.05, 0) is 54.8 Å². The number of carbonyl (C=O) groups is 3. The predicted octanol–water partition coefficient (Wildman–Crippen LogP) is 3.17. The summed E-state index contributed by atoms with van der Waals surface area (Å²) in [4.78, 5) is 37.3. The summed E-state index contributed by atoms with van der Waals surface area (Å²) >= 11 is 0. The Labute approximate surface area is 188 Å². The minimum atomic E-state index is -4.46. The van der Waals surface area contributed by atoms with Gasteiger partial charge in [0.25, 0.3) is 11.8 Å². The molecule has 1 aliphatic rings. The van der Waals surface area contributed by atoms with Crippen LogP contribution in [0.4, 0.5) is 13.2 Å². The molecule has 10 heteroatoms. The fourth-order valence-electron chi connectivity index (χ4n) is 3.45. The summed E-state index contributed by atoms with van der Waals surface area (Å²) in [5.41, 5.74) is 5.08. The van der Waals surface area contributed by atoms with Gasteiger partial charge in [0.05, 0.1) is 11.5 Å². The number of esters is 1. The maximum absolute atomic E-state index is 12.7. The summed E-state index contributed by atoms with van der Waals surface area (Å²) in [6.45, 7) is 0.371. The van der Waals surface area contributed by atoms with Gasteiger partial charge in [-0.15, -0.1) is 0 Å². The predicted molar refractivity (Wildman–Crippen MR) is 111 cm³/mol. The van der Waals surface area contributed by atoms with Crippen LogP contribution in [0.25, 0.3) is 0 Å². The Balaban J connectivity index is 1.47. The minimum Gasteiger partial charge on any atom is -0.484 e. The Morgan fingerprint density at radius 1 is 1.03 bits per heavy atom. The molecule has 2 N–H and O–H groups in total. The van der Waals surface area contributed by atoms with Crippen molar-refractivity contribution >= 4 is 17.8 Å². The SMILES string of the molecule is NC(=O)COc1cccc(COC(=O)C2CCN(C(=O)c3ccc(C(F)(F)F)cc3)CC2)c1. The van der Waals surface area contributed by atoms with Crippen molar-refractivity contribution in [1.82, 2.24) is 4.90 Å². The molecule has 0 bridgehead atoms. The molecular formula is C23H23F3N2O5. The Kier molecular flexibility index (Phi) is 7.57. The van der Waals surface area contributed by atoms with Gasteiger partial charge in [0.2, 0.25) is 0 Å². The molecule has 3 rings (SSSR count). The summed E-state index contributed by atoms with van der Waals surface area (Å²) in [6, 6.07) is 10.8. The number of primary amides is 1. The molecule has 1 saturated heterocycles. The van der Waals surface area contributed by atoms with Crippen LogP contribution < -0.4 is 10.5 Å². The van der Waals surface area contributed by atoms with Gasteiger partial charge < -0.3 is 20.1 Å². The van der Waals surface area contributed by atoms with Gasteiger partial charge in [-0.25, -0.2) is 0 Å². The molecule has 2 aromatic rings. The highest BCUT2D eigenvalue weighted by Crippen LogP contribution is 2.29. The van der Waals surface area contributed by atoms with E-state index in [0.717, 1.165) is 24.3 Å². The number of benzene rings is 2. The van der Waals surface area contributed by atoms with Gasteiger partial charge in [0, 0.05) is 18.7 Å². The van der Waals surface area contributed by atoms with Crippen LogP contribution in [-0.2, 0) is 27.1 Å². The van der Waals surface area contributed by atoms with Crippen LogP contribution in [0, 0.1) is 5.92 Å². The minimum absolute atomic E-state index is 0.0251. The fourth-order valence-corrected chi connectivity index (χ4v) is 3.45. The van der Waals surface area contributed by atoms with E-state index in [1.165, 1.54) is 4.90 Å². The molecule has 33 heavy (non-hydrogen) atoms. The first kappa shape index (κ1) is 24.1. The third-order valence-corrected chi connectivity index (χ3v) is 5.24. The number of likely N-dealkylation sites (tertiary alicyclic amines) is 1. The summed E-state index contributed by atoms with van der Waals surface area (Å²) in [6.07, 6.45) is -3.67. The van der Waals surface area contributed by atoms with Gasteiger partial charge in [-0.3, -0.25) is 14.4 Å². The van der Waals surface area contributed by atoms with E-state index in [4.69, 9.17) is 15.2 Å². The van der Waals surface area contributed by atoms with Gasteiger partial charge >= 0.3 is 12.1 Å². The largest absolute Gasteiger partial charge is 0.484 e. The van der Waals surface area contributed by atoms with Crippen LogP contribution in [0.3, 0.4) is 0 Å². The highest BCUT2D eigenvalue weighted by molar-refractivity contribution is 5.94. The van der Waals surface area contributed by atoms with Crippen molar-refractivity contribution in [1.29, 1.82) is 0 Å². The topological polar surface area (TPSA) is 98.9 Å². The highest BCUT2D eigenvalue weighted by Gasteiger charge is 2.31. The molecule has 2 amide bonds. The number of alkyl halides is 3. The molecule has 1 heterocycles. The Morgan fingerprint density at radius 2 is 1.70 bits per heavy atom. The van der Waals surface area contributed by atoms with Crippen LogP contribution in [-0.4, -0.2) is 42.4 Å². The summed E-state index contributed by atoms with van der Waals surface area (Å²) in [7, 11) is 0. The number of nitrogens with two attached hydrogens (primary N) is 1. The molecule has 176 valence electrons. The van der Waals surface area contributed by atoms with E-state index in [9.17, 15) is 27.6 Å². The molecule has 0 aliphatic carbocycles. The average molecular weight is 464 g/mol. The van der Waals surface area contributed by atoms with Crippen molar-refractivity contribution in [3.8, 4) is 5.75 Å². The quantitative estimate of drug-likeness (QED) is 0.635. The number of rotatable bonds is 7. The maximum Gasteiger partial charge on any atom is 0.416 e. The number of halogens is 3. The molecule has 0 unspecified atom stereocenters. The third kappa shape index (κ3) is 6.71. The summed E-state index contributed by atoms with van der Waals surface area (Å²) < 4.78 is 48.7. The number of hydrogen-bond acceptors (Lipinski definition) is 5. The standard InChI is InChI=1S/C23H23F3N2O5/c24-23(25,26)18-6-4-16(5-7-18)21(30)28-10-8-17(9-11-28)22(31)33-13-15-2-1-3-19(12-15)32-14-20(27)29/h1-7,12,17H,8-11,13-14H2,(H2,27,29). The number of amides is 2.